The molecule has 1 N–H and O–H groups in total. The molecule has 1 aromatic rings. The molecule has 0 amide bonds. The van der Waals surface area contributed by atoms with Crippen LogP contribution in [0.5, 0.6) is 0 Å². The van der Waals surface area contributed by atoms with Gasteiger partial charge in [0, 0.05) is 18.8 Å². The minimum Gasteiger partial charge on any atom is -0.307 e. The lowest BCUT2D eigenvalue weighted by Gasteiger charge is -2.03. The van der Waals surface area contributed by atoms with Crippen LogP contribution in [0.1, 0.15) is 25.6 Å². The van der Waals surface area contributed by atoms with E-state index >= 15 is 0 Å². The maximum Gasteiger partial charge on any atom is 0.152 e. The molecule has 88 valence electrons. The number of carbonyl (C=O) groups excluding carboxylic acids is 1. The highest BCUT2D eigenvalue weighted by Gasteiger charge is 2.07. The highest BCUT2D eigenvalue weighted by Crippen LogP contribution is 2.04. The Morgan fingerprint density at radius 3 is 3.00 bits per heavy atom. The van der Waals surface area contributed by atoms with E-state index in [0.29, 0.717) is 25.6 Å². The zero-order chi connectivity index (χ0) is 12.0. The van der Waals surface area contributed by atoms with Crippen LogP contribution in [0, 0.1) is 0 Å². The molecule has 0 saturated carbocycles. The zero-order valence-corrected chi connectivity index (χ0v) is 9.94. The molecule has 0 spiro atoms. The van der Waals surface area contributed by atoms with Crippen LogP contribution in [0.25, 0.3) is 0 Å². The number of nitrogens with zero attached hydrogens (tertiary/aromatic N) is 2. The molecule has 1 aromatic heterocycles. The molecule has 16 heavy (non-hydrogen) atoms. The molecule has 1 rings (SSSR count). The largest absolute Gasteiger partial charge is 0.307 e. The molecular formula is C12H19N3O. The first kappa shape index (κ1) is 12.6. The van der Waals surface area contributed by atoms with Gasteiger partial charge < -0.3 is 5.32 Å². The van der Waals surface area contributed by atoms with E-state index in [4.69, 9.17) is 0 Å². The van der Waals surface area contributed by atoms with Crippen molar-refractivity contribution in [3.05, 3.63) is 30.6 Å². The third-order valence-electron chi connectivity index (χ3n) is 2.18. The number of hydrogen-bond acceptors (Lipinski definition) is 3. The average molecular weight is 221 g/mol. The minimum atomic E-state index is 0.149. The summed E-state index contributed by atoms with van der Waals surface area (Å²) < 4.78 is 1.86. The molecular weight excluding hydrogens is 202 g/mol. The van der Waals surface area contributed by atoms with Gasteiger partial charge in [-0.1, -0.05) is 6.08 Å². The minimum absolute atomic E-state index is 0.149. The van der Waals surface area contributed by atoms with Crippen molar-refractivity contribution in [1.82, 2.24) is 15.1 Å². The van der Waals surface area contributed by atoms with Crippen LogP contribution in [0.4, 0.5) is 0 Å². The molecule has 0 bridgehead atoms. The lowest BCUT2D eigenvalue weighted by molar-refractivity contribution is -0.117. The van der Waals surface area contributed by atoms with Gasteiger partial charge in [-0.3, -0.25) is 9.48 Å². The summed E-state index contributed by atoms with van der Waals surface area (Å²) in [6, 6.07) is 2.23. The summed E-state index contributed by atoms with van der Waals surface area (Å²) in [5, 5.41) is 7.31. The van der Waals surface area contributed by atoms with Gasteiger partial charge in [-0.15, -0.1) is 6.58 Å². The number of nitrogens with one attached hydrogen (secondary N) is 1. The van der Waals surface area contributed by atoms with E-state index in [2.05, 4.69) is 30.8 Å². The Morgan fingerprint density at radius 1 is 1.69 bits per heavy atom. The second kappa shape index (κ2) is 6.23. The fourth-order valence-electron chi connectivity index (χ4n) is 1.34. The fourth-order valence-corrected chi connectivity index (χ4v) is 1.34. The first-order chi connectivity index (χ1) is 7.63. The lowest BCUT2D eigenvalue weighted by Crippen LogP contribution is -2.24. The van der Waals surface area contributed by atoms with Gasteiger partial charge >= 0.3 is 0 Å². The van der Waals surface area contributed by atoms with E-state index in [0.717, 1.165) is 5.69 Å². The van der Waals surface area contributed by atoms with E-state index < -0.39 is 0 Å². The third-order valence-corrected chi connectivity index (χ3v) is 2.18. The number of hydrogen-bond donors (Lipinski definition) is 1. The molecule has 4 heteroatoms. The van der Waals surface area contributed by atoms with E-state index in [1.54, 1.807) is 6.08 Å². The standard InChI is InChI=1S/C12H19N3O/c1-4-6-13-9-12(16)8-11-5-7-15(14-11)10(2)3/h4-5,7,10,13H,1,6,8-9H2,2-3H3. The number of carbonyl (C=O) groups is 1. The van der Waals surface area contributed by atoms with Crippen LogP contribution in [-0.2, 0) is 11.2 Å². The molecule has 0 aliphatic rings. The Morgan fingerprint density at radius 2 is 2.44 bits per heavy atom. The monoisotopic (exact) mass is 221 g/mol. The van der Waals surface area contributed by atoms with Crippen LogP contribution in [0.15, 0.2) is 24.9 Å². The summed E-state index contributed by atoms with van der Waals surface area (Å²) in [6.45, 7) is 8.73. The maximum absolute atomic E-state index is 11.5. The molecule has 0 aliphatic carbocycles. The van der Waals surface area contributed by atoms with Gasteiger partial charge in [-0.05, 0) is 19.9 Å². The van der Waals surface area contributed by atoms with E-state index in [1.165, 1.54) is 0 Å². The number of ketones is 1. The van der Waals surface area contributed by atoms with Gasteiger partial charge in [0.2, 0.25) is 0 Å². The van der Waals surface area contributed by atoms with Gasteiger partial charge in [-0.2, -0.15) is 5.10 Å². The molecule has 0 saturated heterocycles. The van der Waals surface area contributed by atoms with Gasteiger partial charge in [0.1, 0.15) is 0 Å². The SMILES string of the molecule is C=CCNCC(=O)Cc1ccn(C(C)C)n1. The van der Waals surface area contributed by atoms with Crippen LogP contribution >= 0.6 is 0 Å². The number of aromatic nitrogens is 2. The van der Waals surface area contributed by atoms with Gasteiger partial charge in [-0.25, -0.2) is 0 Å². The van der Waals surface area contributed by atoms with Gasteiger partial charge in [0.25, 0.3) is 0 Å². The Labute approximate surface area is 96.3 Å². The Hall–Kier alpha value is -1.42. The maximum atomic E-state index is 11.5. The first-order valence-corrected chi connectivity index (χ1v) is 5.51. The van der Waals surface area contributed by atoms with Crippen molar-refractivity contribution in [3.63, 3.8) is 0 Å². The quantitative estimate of drug-likeness (QED) is 0.558. The molecule has 0 unspecified atom stereocenters. The van der Waals surface area contributed by atoms with Crippen molar-refractivity contribution in [2.75, 3.05) is 13.1 Å². The van der Waals surface area contributed by atoms with Gasteiger partial charge in [0.05, 0.1) is 18.7 Å². The summed E-state index contributed by atoms with van der Waals surface area (Å²) in [7, 11) is 0. The van der Waals surface area contributed by atoms with Crippen LogP contribution in [-0.4, -0.2) is 28.7 Å². The predicted octanol–water partition coefficient (Wildman–Crippen LogP) is 1.35. The predicted molar refractivity (Wildman–Crippen MR) is 64.4 cm³/mol. The van der Waals surface area contributed by atoms with Crippen molar-refractivity contribution in [3.8, 4) is 0 Å². The summed E-state index contributed by atoms with van der Waals surface area (Å²) in [6.07, 6.45) is 4.04. The van der Waals surface area contributed by atoms with Crippen molar-refractivity contribution in [2.24, 2.45) is 0 Å². The highest BCUT2D eigenvalue weighted by molar-refractivity contribution is 5.82. The first-order valence-electron chi connectivity index (χ1n) is 5.51. The second-order valence-corrected chi connectivity index (χ2v) is 4.02. The van der Waals surface area contributed by atoms with Crippen molar-refractivity contribution in [2.45, 2.75) is 26.3 Å². The van der Waals surface area contributed by atoms with Gasteiger partial charge in [0.15, 0.2) is 5.78 Å². The van der Waals surface area contributed by atoms with E-state index in [9.17, 15) is 4.79 Å². The smallest absolute Gasteiger partial charge is 0.152 e. The Bertz CT molecular complexity index is 355. The molecule has 0 radical (unpaired) electrons. The van der Waals surface area contributed by atoms with Crippen LogP contribution in [0.3, 0.4) is 0 Å². The molecule has 0 fully saturated rings. The fraction of sp³-hybridized carbons (Fsp3) is 0.500. The van der Waals surface area contributed by atoms with E-state index in [1.807, 2.05) is 16.9 Å². The molecule has 0 aromatic carbocycles. The highest BCUT2D eigenvalue weighted by atomic mass is 16.1. The molecule has 4 nitrogen and oxygen atoms in total. The van der Waals surface area contributed by atoms with E-state index in [-0.39, 0.29) is 5.78 Å². The zero-order valence-electron chi connectivity index (χ0n) is 9.94. The van der Waals surface area contributed by atoms with Crippen molar-refractivity contribution in [1.29, 1.82) is 0 Å². The topological polar surface area (TPSA) is 46.9 Å². The molecule has 1 heterocycles. The summed E-state index contributed by atoms with van der Waals surface area (Å²) in [4.78, 5) is 11.5. The van der Waals surface area contributed by atoms with Crippen molar-refractivity contribution < 1.29 is 4.79 Å². The Balaban J connectivity index is 2.40. The van der Waals surface area contributed by atoms with Crippen LogP contribution in [0.2, 0.25) is 0 Å². The average Bonchev–Trinajstić information content (AvgIpc) is 2.66. The second-order valence-electron chi connectivity index (χ2n) is 4.02. The summed E-state index contributed by atoms with van der Waals surface area (Å²) in [5.41, 5.74) is 0.833. The third kappa shape index (κ3) is 3.98. The summed E-state index contributed by atoms with van der Waals surface area (Å²) in [5.74, 6) is 0.149. The lowest BCUT2D eigenvalue weighted by atomic mass is 10.2. The normalized spacial score (nSPS) is 10.7. The number of rotatable bonds is 7. The van der Waals surface area contributed by atoms with Crippen molar-refractivity contribution >= 4 is 5.78 Å². The van der Waals surface area contributed by atoms with Crippen LogP contribution < -0.4 is 5.32 Å². The molecule has 0 aliphatic heterocycles. The number of Topliss-reactive ketones (excluding diaryl/α,β-unsaturated/α-hetero) is 1. The Kier molecular flexibility index (Phi) is 4.92. The summed E-state index contributed by atoms with van der Waals surface area (Å²) >= 11 is 0. The molecule has 0 atom stereocenters.